The average Bonchev–Trinajstić information content (AvgIpc) is 1.82. The lowest BCUT2D eigenvalue weighted by molar-refractivity contribution is -0.138. The maximum atomic E-state index is 9.96. The predicted octanol–water partition coefficient (Wildman–Crippen LogP) is -2.06. The lowest BCUT2D eigenvalue weighted by Gasteiger charge is -2.04. The number of aliphatic hydroxyl groups excluding tert-OH is 1. The lowest BCUT2D eigenvalue weighted by Crippen LogP contribution is -2.40. The Bertz CT molecular complexity index is 95.8. The Hall–Kier alpha value is -0.650. The molecular formula is C4H10N2O3. The molecule has 1 atom stereocenters. The predicted molar refractivity (Wildman–Crippen MR) is 30.7 cm³/mol. The molecule has 0 heterocycles. The normalized spacial score (nSPS) is 13.1. The molecule has 0 aliphatic carbocycles. The van der Waals surface area contributed by atoms with Crippen LogP contribution in [0.25, 0.3) is 0 Å². The summed E-state index contributed by atoms with van der Waals surface area (Å²) in [6.07, 6.45) is 0. The maximum Gasteiger partial charge on any atom is 0.321 e. The number of hydrogen-bond donors (Lipinski definition) is 4. The number of nitrogens with one attached hydrogen (secondary N) is 1. The van der Waals surface area contributed by atoms with Gasteiger partial charge in [0, 0.05) is 6.54 Å². The van der Waals surface area contributed by atoms with Gasteiger partial charge < -0.3 is 15.9 Å². The van der Waals surface area contributed by atoms with Gasteiger partial charge in [0.05, 0.1) is 6.73 Å². The molecule has 0 spiro atoms. The summed E-state index contributed by atoms with van der Waals surface area (Å²) in [7, 11) is 0. The van der Waals surface area contributed by atoms with Crippen LogP contribution in [0.5, 0.6) is 0 Å². The van der Waals surface area contributed by atoms with Crippen molar-refractivity contribution in [1.82, 2.24) is 5.32 Å². The maximum absolute atomic E-state index is 9.96. The molecule has 0 rings (SSSR count). The first kappa shape index (κ1) is 8.35. The fourth-order valence-electron chi connectivity index (χ4n) is 0.307. The van der Waals surface area contributed by atoms with Crippen LogP contribution in [0.4, 0.5) is 0 Å². The average molecular weight is 134 g/mol. The summed E-state index contributed by atoms with van der Waals surface area (Å²) in [5.41, 5.74) is 5.03. The third-order valence-electron chi connectivity index (χ3n) is 0.793. The molecule has 1 unspecified atom stereocenters. The van der Waals surface area contributed by atoms with Gasteiger partial charge in [0.2, 0.25) is 0 Å². The molecule has 54 valence electrons. The minimum Gasteiger partial charge on any atom is -0.480 e. The molecule has 5 heteroatoms. The van der Waals surface area contributed by atoms with Crippen molar-refractivity contribution in [2.24, 2.45) is 5.73 Å². The zero-order chi connectivity index (χ0) is 7.28. The third kappa shape index (κ3) is 3.89. The highest BCUT2D eigenvalue weighted by Crippen LogP contribution is 1.72. The SMILES string of the molecule is NC(CNCO)C(=O)O. The molecule has 0 aromatic rings. The van der Waals surface area contributed by atoms with Crippen molar-refractivity contribution in [1.29, 1.82) is 0 Å². The molecule has 5 nitrogen and oxygen atoms in total. The highest BCUT2D eigenvalue weighted by molar-refractivity contribution is 5.73. The molecule has 0 aromatic carbocycles. The van der Waals surface area contributed by atoms with Gasteiger partial charge in [0.25, 0.3) is 0 Å². The van der Waals surface area contributed by atoms with E-state index in [1.54, 1.807) is 0 Å². The Morgan fingerprint density at radius 3 is 2.67 bits per heavy atom. The number of aliphatic hydroxyl groups is 1. The standard InChI is InChI=1S/C4H10N2O3/c5-3(4(8)9)1-6-2-7/h3,6-7H,1-2,5H2,(H,8,9). The number of rotatable bonds is 4. The van der Waals surface area contributed by atoms with E-state index in [4.69, 9.17) is 15.9 Å². The number of carbonyl (C=O) groups is 1. The summed E-state index contributed by atoms with van der Waals surface area (Å²) < 4.78 is 0. The van der Waals surface area contributed by atoms with Gasteiger partial charge in [0.15, 0.2) is 0 Å². The number of nitrogens with two attached hydrogens (primary N) is 1. The Kier molecular flexibility index (Phi) is 3.94. The summed E-state index contributed by atoms with van der Waals surface area (Å²) in [5, 5.41) is 18.7. The van der Waals surface area contributed by atoms with Gasteiger partial charge in [-0.15, -0.1) is 0 Å². The second-order valence-electron chi connectivity index (χ2n) is 1.56. The first-order valence-electron chi connectivity index (χ1n) is 2.48. The molecule has 0 radical (unpaired) electrons. The fourth-order valence-corrected chi connectivity index (χ4v) is 0.307. The van der Waals surface area contributed by atoms with Crippen molar-refractivity contribution in [2.75, 3.05) is 13.3 Å². The molecule has 0 amide bonds. The van der Waals surface area contributed by atoms with Crippen molar-refractivity contribution >= 4 is 5.97 Å². The van der Waals surface area contributed by atoms with Crippen LogP contribution in [-0.2, 0) is 4.79 Å². The van der Waals surface area contributed by atoms with Gasteiger partial charge in [-0.2, -0.15) is 0 Å². The van der Waals surface area contributed by atoms with E-state index >= 15 is 0 Å². The van der Waals surface area contributed by atoms with Crippen LogP contribution >= 0.6 is 0 Å². The van der Waals surface area contributed by atoms with Gasteiger partial charge in [-0.05, 0) is 0 Å². The summed E-state index contributed by atoms with van der Waals surface area (Å²) in [6.45, 7) is -0.160. The molecule has 9 heavy (non-hydrogen) atoms. The van der Waals surface area contributed by atoms with E-state index in [0.29, 0.717) is 0 Å². The van der Waals surface area contributed by atoms with E-state index in [9.17, 15) is 4.79 Å². The third-order valence-corrected chi connectivity index (χ3v) is 0.793. The summed E-state index contributed by atoms with van der Waals surface area (Å²) >= 11 is 0. The van der Waals surface area contributed by atoms with Crippen molar-refractivity contribution in [3.05, 3.63) is 0 Å². The quantitative estimate of drug-likeness (QED) is 0.331. The number of hydrogen-bond acceptors (Lipinski definition) is 4. The van der Waals surface area contributed by atoms with E-state index in [2.05, 4.69) is 5.32 Å². The fraction of sp³-hybridized carbons (Fsp3) is 0.750. The van der Waals surface area contributed by atoms with E-state index in [1.165, 1.54) is 0 Å². The van der Waals surface area contributed by atoms with E-state index in [-0.39, 0.29) is 13.3 Å². The van der Waals surface area contributed by atoms with E-state index < -0.39 is 12.0 Å². The molecule has 0 saturated carbocycles. The lowest BCUT2D eigenvalue weighted by atomic mass is 10.3. The van der Waals surface area contributed by atoms with Gasteiger partial charge in [-0.1, -0.05) is 0 Å². The van der Waals surface area contributed by atoms with Crippen molar-refractivity contribution in [2.45, 2.75) is 6.04 Å². The topological polar surface area (TPSA) is 95.6 Å². The molecule has 0 saturated heterocycles. The first-order chi connectivity index (χ1) is 4.18. The molecule has 0 aromatic heterocycles. The van der Waals surface area contributed by atoms with Gasteiger partial charge in [-0.25, -0.2) is 0 Å². The van der Waals surface area contributed by atoms with Gasteiger partial charge in [0.1, 0.15) is 6.04 Å². The zero-order valence-corrected chi connectivity index (χ0v) is 4.87. The first-order valence-corrected chi connectivity index (χ1v) is 2.48. The zero-order valence-electron chi connectivity index (χ0n) is 4.87. The van der Waals surface area contributed by atoms with Crippen LogP contribution in [0, 0.1) is 0 Å². The second-order valence-corrected chi connectivity index (χ2v) is 1.56. The number of carboxylic acid groups (broad SMARTS) is 1. The van der Waals surface area contributed by atoms with Crippen LogP contribution < -0.4 is 11.1 Å². The molecular weight excluding hydrogens is 124 g/mol. The molecule has 0 aliphatic heterocycles. The van der Waals surface area contributed by atoms with Crippen LogP contribution in [0.3, 0.4) is 0 Å². The Morgan fingerprint density at radius 1 is 1.78 bits per heavy atom. The van der Waals surface area contributed by atoms with E-state index in [0.717, 1.165) is 0 Å². The second kappa shape index (κ2) is 4.25. The van der Waals surface area contributed by atoms with Gasteiger partial charge in [-0.3, -0.25) is 10.1 Å². The highest BCUT2D eigenvalue weighted by Gasteiger charge is 2.08. The molecule has 0 fully saturated rings. The van der Waals surface area contributed by atoms with Crippen molar-refractivity contribution in [3.8, 4) is 0 Å². The van der Waals surface area contributed by atoms with Crippen LogP contribution in [0.15, 0.2) is 0 Å². The highest BCUT2D eigenvalue weighted by atomic mass is 16.4. The summed E-state index contributed by atoms with van der Waals surface area (Å²) in [6, 6.07) is -0.933. The smallest absolute Gasteiger partial charge is 0.321 e. The Balaban J connectivity index is 3.27. The van der Waals surface area contributed by atoms with E-state index in [1.807, 2.05) is 0 Å². The number of aliphatic carboxylic acids is 1. The Morgan fingerprint density at radius 2 is 2.33 bits per heavy atom. The molecule has 5 N–H and O–H groups in total. The monoisotopic (exact) mass is 134 g/mol. The van der Waals surface area contributed by atoms with Crippen LogP contribution in [0.2, 0.25) is 0 Å². The largest absolute Gasteiger partial charge is 0.480 e. The molecule has 0 bridgehead atoms. The van der Waals surface area contributed by atoms with Crippen molar-refractivity contribution < 1.29 is 15.0 Å². The Labute approximate surface area is 52.5 Å². The van der Waals surface area contributed by atoms with Crippen LogP contribution in [0.1, 0.15) is 0 Å². The minimum atomic E-state index is -1.07. The summed E-state index contributed by atoms with van der Waals surface area (Å²) in [5.74, 6) is -1.07. The van der Waals surface area contributed by atoms with Crippen molar-refractivity contribution in [3.63, 3.8) is 0 Å². The minimum absolute atomic E-state index is 0.0891. The van der Waals surface area contributed by atoms with Crippen LogP contribution in [-0.4, -0.2) is 35.5 Å². The number of carboxylic acids is 1. The summed E-state index contributed by atoms with van der Waals surface area (Å²) in [4.78, 5) is 9.96. The molecule has 0 aliphatic rings. The van der Waals surface area contributed by atoms with Gasteiger partial charge >= 0.3 is 5.97 Å².